The van der Waals surface area contributed by atoms with E-state index in [9.17, 15) is 4.79 Å². The van der Waals surface area contributed by atoms with Crippen LogP contribution >= 0.6 is 15.9 Å². The van der Waals surface area contributed by atoms with Crippen molar-refractivity contribution in [2.24, 2.45) is 0 Å². The highest BCUT2D eigenvalue weighted by Crippen LogP contribution is 2.18. The molecule has 0 spiro atoms. The third kappa shape index (κ3) is 4.85. The van der Waals surface area contributed by atoms with Gasteiger partial charge in [-0.25, -0.2) is 4.79 Å². The van der Waals surface area contributed by atoms with E-state index in [2.05, 4.69) is 21.2 Å². The van der Waals surface area contributed by atoms with Crippen molar-refractivity contribution in [3.8, 4) is 0 Å². The van der Waals surface area contributed by atoms with Gasteiger partial charge in [-0.05, 0) is 30.7 Å². The fraction of sp³-hybridized carbons (Fsp3) is 0.417. The predicted octanol–water partition coefficient (Wildman–Crippen LogP) is 2.27. The molecule has 17 heavy (non-hydrogen) atoms. The molecule has 0 saturated heterocycles. The Balaban J connectivity index is 2.46. The van der Waals surface area contributed by atoms with Gasteiger partial charge in [0, 0.05) is 24.7 Å². The summed E-state index contributed by atoms with van der Waals surface area (Å²) in [5, 5.41) is 12.1. The Kier molecular flexibility index (Phi) is 6.18. The predicted molar refractivity (Wildman–Crippen MR) is 69.3 cm³/mol. The molecule has 0 heterocycles. The molecule has 1 aromatic rings. The number of carboxylic acid groups (broad SMARTS) is 1. The van der Waals surface area contributed by atoms with E-state index in [1.807, 2.05) is 6.07 Å². The second-order valence-electron chi connectivity index (χ2n) is 3.63. The minimum absolute atomic E-state index is 0.292. The van der Waals surface area contributed by atoms with Crippen molar-refractivity contribution < 1.29 is 14.6 Å². The van der Waals surface area contributed by atoms with E-state index < -0.39 is 5.97 Å². The van der Waals surface area contributed by atoms with Gasteiger partial charge in [-0.3, -0.25) is 0 Å². The molecule has 1 aromatic carbocycles. The lowest BCUT2D eigenvalue weighted by Gasteiger charge is -2.07. The molecule has 4 nitrogen and oxygen atoms in total. The molecule has 0 atom stereocenters. The van der Waals surface area contributed by atoms with Crippen LogP contribution in [0.25, 0.3) is 0 Å². The molecule has 0 fully saturated rings. The average Bonchev–Trinajstić information content (AvgIpc) is 2.30. The molecule has 0 amide bonds. The van der Waals surface area contributed by atoms with Crippen molar-refractivity contribution in [2.75, 3.05) is 20.3 Å². The molecule has 0 bridgehead atoms. The van der Waals surface area contributed by atoms with Gasteiger partial charge < -0.3 is 15.2 Å². The van der Waals surface area contributed by atoms with E-state index in [0.29, 0.717) is 12.1 Å². The molecule has 2 N–H and O–H groups in total. The van der Waals surface area contributed by atoms with Crippen LogP contribution in [0, 0.1) is 0 Å². The summed E-state index contributed by atoms with van der Waals surface area (Å²) in [5.74, 6) is -0.912. The Hall–Kier alpha value is -0.910. The number of aromatic carboxylic acids is 1. The summed E-state index contributed by atoms with van der Waals surface area (Å²) in [6.45, 7) is 2.33. The highest BCUT2D eigenvalue weighted by Gasteiger charge is 2.06. The monoisotopic (exact) mass is 301 g/mol. The van der Waals surface area contributed by atoms with Crippen molar-refractivity contribution in [3.05, 3.63) is 33.8 Å². The van der Waals surface area contributed by atoms with Gasteiger partial charge in [0.15, 0.2) is 0 Å². The molecule has 94 valence electrons. The van der Waals surface area contributed by atoms with Gasteiger partial charge >= 0.3 is 5.97 Å². The lowest BCUT2D eigenvalue weighted by atomic mass is 10.1. The number of carbonyl (C=O) groups is 1. The molecule has 1 rings (SSSR count). The summed E-state index contributed by atoms with van der Waals surface area (Å²) < 4.78 is 5.76. The minimum atomic E-state index is -0.912. The van der Waals surface area contributed by atoms with E-state index in [1.165, 1.54) is 0 Å². The fourth-order valence-electron chi connectivity index (χ4n) is 1.39. The first-order chi connectivity index (χ1) is 8.15. The number of carboxylic acids is 1. The van der Waals surface area contributed by atoms with Gasteiger partial charge in [-0.15, -0.1) is 0 Å². The van der Waals surface area contributed by atoms with Crippen LogP contribution in [0.2, 0.25) is 0 Å². The summed E-state index contributed by atoms with van der Waals surface area (Å²) in [7, 11) is 1.68. The first-order valence-electron chi connectivity index (χ1n) is 5.36. The Labute approximate surface area is 109 Å². The van der Waals surface area contributed by atoms with Crippen molar-refractivity contribution in [3.63, 3.8) is 0 Å². The summed E-state index contributed by atoms with van der Waals surface area (Å²) >= 11 is 3.37. The fourth-order valence-corrected chi connectivity index (χ4v) is 1.91. The van der Waals surface area contributed by atoms with Gasteiger partial charge in [0.25, 0.3) is 0 Å². The van der Waals surface area contributed by atoms with Crippen LogP contribution in [0.15, 0.2) is 22.7 Å². The Bertz CT molecular complexity index is 382. The van der Waals surface area contributed by atoms with Gasteiger partial charge in [0.05, 0.1) is 5.56 Å². The second kappa shape index (κ2) is 7.42. The van der Waals surface area contributed by atoms with Crippen molar-refractivity contribution in [2.45, 2.75) is 13.0 Å². The molecule has 0 radical (unpaired) electrons. The summed E-state index contributed by atoms with van der Waals surface area (Å²) in [6.07, 6.45) is 0.960. The SMILES string of the molecule is COCCCNCc1ccc(C(=O)O)cc1Br. The van der Waals surface area contributed by atoms with Crippen molar-refractivity contribution in [1.82, 2.24) is 5.32 Å². The third-order valence-electron chi connectivity index (χ3n) is 2.32. The maximum Gasteiger partial charge on any atom is 0.335 e. The number of halogens is 1. The highest BCUT2D eigenvalue weighted by molar-refractivity contribution is 9.10. The molecule has 0 aliphatic carbocycles. The molecule has 0 aliphatic heterocycles. The van der Waals surface area contributed by atoms with Crippen molar-refractivity contribution >= 4 is 21.9 Å². The zero-order valence-corrected chi connectivity index (χ0v) is 11.3. The number of benzene rings is 1. The Morgan fingerprint density at radius 3 is 2.88 bits per heavy atom. The molecular weight excluding hydrogens is 286 g/mol. The molecular formula is C12H16BrNO3. The summed E-state index contributed by atoms with van der Waals surface area (Å²) in [5.41, 5.74) is 1.34. The minimum Gasteiger partial charge on any atom is -0.478 e. The molecule has 0 unspecified atom stereocenters. The summed E-state index contributed by atoms with van der Waals surface area (Å²) in [6, 6.07) is 5.05. The van der Waals surface area contributed by atoms with Crippen LogP contribution in [-0.2, 0) is 11.3 Å². The largest absolute Gasteiger partial charge is 0.478 e. The maximum atomic E-state index is 10.7. The van der Waals surface area contributed by atoms with Crippen LogP contribution in [0.5, 0.6) is 0 Å². The van der Waals surface area contributed by atoms with Crippen LogP contribution < -0.4 is 5.32 Å². The topological polar surface area (TPSA) is 58.6 Å². The normalized spacial score (nSPS) is 10.5. The van der Waals surface area contributed by atoms with E-state index in [1.54, 1.807) is 19.2 Å². The lowest BCUT2D eigenvalue weighted by molar-refractivity contribution is 0.0697. The molecule has 0 saturated carbocycles. The average molecular weight is 302 g/mol. The van der Waals surface area contributed by atoms with Gasteiger partial charge in [-0.1, -0.05) is 22.0 Å². The van der Waals surface area contributed by atoms with E-state index >= 15 is 0 Å². The van der Waals surface area contributed by atoms with E-state index in [4.69, 9.17) is 9.84 Å². The van der Waals surface area contributed by atoms with Crippen molar-refractivity contribution in [1.29, 1.82) is 0 Å². The first-order valence-corrected chi connectivity index (χ1v) is 6.16. The van der Waals surface area contributed by atoms with Gasteiger partial charge in [-0.2, -0.15) is 0 Å². The van der Waals surface area contributed by atoms with E-state index in [-0.39, 0.29) is 0 Å². The quantitative estimate of drug-likeness (QED) is 0.759. The zero-order chi connectivity index (χ0) is 12.7. The standard InChI is InChI=1S/C12H16BrNO3/c1-17-6-2-5-14-8-10-4-3-9(12(15)16)7-11(10)13/h3-4,7,14H,2,5-6,8H2,1H3,(H,15,16). The highest BCUT2D eigenvalue weighted by atomic mass is 79.9. The number of nitrogens with one attached hydrogen (secondary N) is 1. The van der Waals surface area contributed by atoms with Crippen LogP contribution in [0.4, 0.5) is 0 Å². The second-order valence-corrected chi connectivity index (χ2v) is 4.49. The molecule has 0 aliphatic rings. The zero-order valence-electron chi connectivity index (χ0n) is 9.70. The lowest BCUT2D eigenvalue weighted by Crippen LogP contribution is -2.16. The van der Waals surface area contributed by atoms with Gasteiger partial charge in [0.1, 0.15) is 0 Å². The third-order valence-corrected chi connectivity index (χ3v) is 3.06. The smallest absolute Gasteiger partial charge is 0.335 e. The Morgan fingerprint density at radius 2 is 2.29 bits per heavy atom. The number of hydrogen-bond donors (Lipinski definition) is 2. The first kappa shape index (κ1) is 14.2. The molecule has 0 aromatic heterocycles. The van der Waals surface area contributed by atoms with E-state index in [0.717, 1.165) is 29.6 Å². The summed E-state index contributed by atoms with van der Waals surface area (Å²) in [4.78, 5) is 10.7. The van der Waals surface area contributed by atoms with Crippen LogP contribution in [0.3, 0.4) is 0 Å². The van der Waals surface area contributed by atoms with Crippen LogP contribution in [0.1, 0.15) is 22.3 Å². The number of rotatable bonds is 7. The van der Waals surface area contributed by atoms with Crippen LogP contribution in [-0.4, -0.2) is 31.3 Å². The number of ether oxygens (including phenoxy) is 1. The number of hydrogen-bond acceptors (Lipinski definition) is 3. The maximum absolute atomic E-state index is 10.7. The van der Waals surface area contributed by atoms with Gasteiger partial charge in [0.2, 0.25) is 0 Å². The molecule has 5 heteroatoms. The number of methoxy groups -OCH3 is 1. The Morgan fingerprint density at radius 1 is 1.53 bits per heavy atom.